The number of fused-ring (bicyclic) bond motifs is 3. The van der Waals surface area contributed by atoms with Gasteiger partial charge in [0, 0.05) is 43.4 Å². The standard InChI is InChI=1S/C11H15NO2.C11H15NO.C11H13NO.C10H13NO.C9H13NO/c1-9(13)12-8-7-10-3-5-11(14-2)6-4-10;2*1-8-11-7-10(13-2)4-3-9(11)5-6-12-8;1-7-10-6-9(12)3-2-8(10)4-5-11-7;1-11-9-4-2-8(3-5-9)6-7-10/h3-6H,7-8H2,1-2H3,(H,12,13);3-4,7-8,12H,5-6H2,1-2H3;3-4,7H,5-6H2,1-2H3;2-3,6-7,11-12H,4-5H2,1H3;2-5H,6-7,10H2,1H3. The molecule has 5 aromatic rings. The molecule has 11 heteroatoms. The molecule has 0 saturated heterocycles. The molecular formula is C52H69N5O6. The summed E-state index contributed by atoms with van der Waals surface area (Å²) in [6.07, 6.45) is 5.04. The maximum Gasteiger partial charge on any atom is 0.216 e. The molecule has 11 nitrogen and oxygen atoms in total. The number of phenols is 1. The zero-order valence-corrected chi connectivity index (χ0v) is 38.6. The van der Waals surface area contributed by atoms with Crippen molar-refractivity contribution >= 4 is 11.6 Å². The molecule has 0 bridgehead atoms. The van der Waals surface area contributed by atoms with Crippen molar-refractivity contribution < 1.29 is 28.8 Å². The summed E-state index contributed by atoms with van der Waals surface area (Å²) in [6, 6.07) is 34.8. The fourth-order valence-electron chi connectivity index (χ4n) is 7.41. The van der Waals surface area contributed by atoms with Gasteiger partial charge in [-0.2, -0.15) is 0 Å². The van der Waals surface area contributed by atoms with Crippen LogP contribution in [0.15, 0.2) is 108 Å². The molecule has 338 valence electrons. The molecule has 1 amide bonds. The van der Waals surface area contributed by atoms with Crippen LogP contribution in [-0.4, -0.2) is 77.9 Å². The Morgan fingerprint density at radius 2 is 1.14 bits per heavy atom. The van der Waals surface area contributed by atoms with E-state index in [1.165, 1.54) is 51.4 Å². The Morgan fingerprint density at radius 1 is 0.667 bits per heavy atom. The van der Waals surface area contributed by atoms with Gasteiger partial charge >= 0.3 is 0 Å². The Labute approximate surface area is 375 Å². The lowest BCUT2D eigenvalue weighted by Gasteiger charge is -2.24. The van der Waals surface area contributed by atoms with Crippen LogP contribution in [0.1, 0.15) is 84.3 Å². The van der Waals surface area contributed by atoms with Crippen molar-refractivity contribution in [3.63, 3.8) is 0 Å². The van der Waals surface area contributed by atoms with Crippen molar-refractivity contribution in [1.82, 2.24) is 16.0 Å². The summed E-state index contributed by atoms with van der Waals surface area (Å²) in [5.41, 5.74) is 17.0. The molecule has 6 N–H and O–H groups in total. The van der Waals surface area contributed by atoms with E-state index in [1.807, 2.05) is 72.8 Å². The molecule has 0 saturated carbocycles. The summed E-state index contributed by atoms with van der Waals surface area (Å²) in [7, 11) is 6.71. The van der Waals surface area contributed by atoms with Gasteiger partial charge in [-0.15, -0.1) is 0 Å². The molecule has 8 rings (SSSR count). The van der Waals surface area contributed by atoms with Gasteiger partial charge in [-0.05, 0) is 172 Å². The summed E-state index contributed by atoms with van der Waals surface area (Å²) < 4.78 is 20.4. The van der Waals surface area contributed by atoms with Gasteiger partial charge in [0.05, 0.1) is 28.4 Å². The van der Waals surface area contributed by atoms with Crippen molar-refractivity contribution in [3.8, 4) is 28.7 Å². The van der Waals surface area contributed by atoms with E-state index in [2.05, 4.69) is 66.0 Å². The first-order valence-electron chi connectivity index (χ1n) is 21.8. The molecule has 5 aromatic carbocycles. The predicted molar refractivity (Wildman–Crippen MR) is 256 cm³/mol. The number of ether oxygens (including phenoxy) is 4. The molecule has 63 heavy (non-hydrogen) atoms. The predicted octanol–water partition coefficient (Wildman–Crippen LogP) is 8.13. The molecule has 3 aliphatic rings. The van der Waals surface area contributed by atoms with E-state index in [1.54, 1.807) is 34.5 Å². The number of methoxy groups -OCH3 is 4. The van der Waals surface area contributed by atoms with Crippen molar-refractivity contribution in [1.29, 1.82) is 0 Å². The number of nitrogens with zero attached hydrogens (tertiary/aromatic N) is 1. The van der Waals surface area contributed by atoms with E-state index >= 15 is 0 Å². The first-order valence-corrected chi connectivity index (χ1v) is 21.8. The summed E-state index contributed by atoms with van der Waals surface area (Å²) in [6.45, 7) is 12.3. The van der Waals surface area contributed by atoms with Gasteiger partial charge < -0.3 is 45.7 Å². The fraction of sp³-hybridized carbons (Fsp3) is 0.385. The number of amides is 1. The average Bonchev–Trinajstić information content (AvgIpc) is 3.31. The van der Waals surface area contributed by atoms with Crippen LogP contribution in [0.2, 0.25) is 0 Å². The van der Waals surface area contributed by atoms with Crippen LogP contribution < -0.4 is 40.6 Å². The highest BCUT2D eigenvalue weighted by atomic mass is 16.5. The van der Waals surface area contributed by atoms with Gasteiger partial charge in [0.25, 0.3) is 0 Å². The molecular weight excluding hydrogens is 791 g/mol. The maximum atomic E-state index is 10.6. The Kier molecular flexibility index (Phi) is 21.0. The van der Waals surface area contributed by atoms with Gasteiger partial charge in [-0.3, -0.25) is 9.79 Å². The minimum atomic E-state index is 0.0125. The third-order valence-electron chi connectivity index (χ3n) is 11.1. The van der Waals surface area contributed by atoms with Crippen LogP contribution in [-0.2, 0) is 36.9 Å². The van der Waals surface area contributed by atoms with E-state index in [-0.39, 0.29) is 5.91 Å². The lowest BCUT2D eigenvalue weighted by Crippen LogP contribution is -2.27. The number of benzene rings is 5. The normalized spacial score (nSPS) is 15.3. The molecule has 0 spiro atoms. The molecule has 0 aromatic heterocycles. The van der Waals surface area contributed by atoms with Gasteiger partial charge in [-0.1, -0.05) is 42.5 Å². The topological polar surface area (TPSA) is 149 Å². The van der Waals surface area contributed by atoms with Gasteiger partial charge in [-0.25, -0.2) is 0 Å². The Morgan fingerprint density at radius 3 is 1.67 bits per heavy atom. The lowest BCUT2D eigenvalue weighted by atomic mass is 9.95. The highest BCUT2D eigenvalue weighted by Gasteiger charge is 2.17. The highest BCUT2D eigenvalue weighted by Crippen LogP contribution is 2.27. The van der Waals surface area contributed by atoms with E-state index in [4.69, 9.17) is 24.7 Å². The number of phenolic OH excluding ortho intramolecular Hbond substituents is 1. The molecule has 2 atom stereocenters. The molecule has 3 aliphatic heterocycles. The zero-order valence-electron chi connectivity index (χ0n) is 38.6. The number of carbonyl (C=O) groups is 1. The van der Waals surface area contributed by atoms with E-state index in [0.29, 0.717) is 30.9 Å². The SMILES string of the molecule is CC1NCCc2ccc(O)cc21.COc1ccc(CCN)cc1.COc1ccc(CCNC(C)=O)cc1.COc1ccc2c(c1)C(C)=NCC2.COc1ccc2c(c1)C(C)NCC2. The van der Waals surface area contributed by atoms with Crippen molar-refractivity contribution in [2.45, 2.75) is 71.9 Å². The highest BCUT2D eigenvalue weighted by molar-refractivity contribution is 6.01. The number of hydrogen-bond donors (Lipinski definition) is 5. The van der Waals surface area contributed by atoms with Crippen LogP contribution in [0.3, 0.4) is 0 Å². The van der Waals surface area contributed by atoms with Crippen LogP contribution in [0.4, 0.5) is 0 Å². The fourth-order valence-corrected chi connectivity index (χ4v) is 7.41. The summed E-state index contributed by atoms with van der Waals surface area (Å²) >= 11 is 0. The number of nitrogens with two attached hydrogens (primary N) is 1. The molecule has 3 heterocycles. The second-order valence-corrected chi connectivity index (χ2v) is 15.5. The number of hydrogen-bond acceptors (Lipinski definition) is 10. The monoisotopic (exact) mass is 860 g/mol. The Bertz CT molecular complexity index is 2170. The van der Waals surface area contributed by atoms with Crippen LogP contribution >= 0.6 is 0 Å². The van der Waals surface area contributed by atoms with E-state index < -0.39 is 0 Å². The summed E-state index contributed by atoms with van der Waals surface area (Å²) in [5, 5.41) is 18.8. The number of rotatable bonds is 9. The number of aromatic hydroxyl groups is 1. The first kappa shape index (κ1) is 49.8. The summed E-state index contributed by atoms with van der Waals surface area (Å²) in [4.78, 5) is 15.0. The average molecular weight is 860 g/mol. The van der Waals surface area contributed by atoms with Crippen LogP contribution in [0, 0.1) is 0 Å². The van der Waals surface area contributed by atoms with E-state index in [0.717, 1.165) is 80.4 Å². The quantitative estimate of drug-likeness (QED) is 0.0991. The first-order chi connectivity index (χ1) is 30.5. The molecule has 0 aliphatic carbocycles. The maximum absolute atomic E-state index is 10.6. The third kappa shape index (κ3) is 16.4. The van der Waals surface area contributed by atoms with Gasteiger partial charge in [0.15, 0.2) is 0 Å². The second-order valence-electron chi connectivity index (χ2n) is 15.5. The van der Waals surface area contributed by atoms with Crippen molar-refractivity contribution in [2.75, 3.05) is 61.2 Å². The van der Waals surface area contributed by atoms with Crippen molar-refractivity contribution in [2.24, 2.45) is 10.7 Å². The van der Waals surface area contributed by atoms with E-state index in [9.17, 15) is 9.90 Å². The number of nitrogens with one attached hydrogen (secondary N) is 3. The smallest absolute Gasteiger partial charge is 0.216 e. The Balaban J connectivity index is 0.000000173. The summed E-state index contributed by atoms with van der Waals surface area (Å²) in [5.74, 6) is 3.99. The second kappa shape index (κ2) is 26.6. The van der Waals surface area contributed by atoms with Crippen molar-refractivity contribution in [3.05, 3.63) is 148 Å². The van der Waals surface area contributed by atoms with Crippen LogP contribution in [0.5, 0.6) is 28.7 Å². The minimum Gasteiger partial charge on any atom is -0.508 e. The number of carbonyl (C=O) groups excluding carboxylic acids is 1. The Hall–Kier alpha value is -5.88. The van der Waals surface area contributed by atoms with Gasteiger partial charge in [0.2, 0.25) is 5.91 Å². The third-order valence-corrected chi connectivity index (χ3v) is 11.1. The zero-order chi connectivity index (χ0) is 45.6. The number of aliphatic imine (C=N–C) groups is 1. The van der Waals surface area contributed by atoms with Gasteiger partial charge in [0.1, 0.15) is 28.7 Å². The molecule has 2 unspecified atom stereocenters. The minimum absolute atomic E-state index is 0.0125. The van der Waals surface area contributed by atoms with Crippen LogP contribution in [0.25, 0.3) is 0 Å². The molecule has 0 radical (unpaired) electrons. The lowest BCUT2D eigenvalue weighted by molar-refractivity contribution is -0.118. The molecule has 0 fully saturated rings. The largest absolute Gasteiger partial charge is 0.508 e.